The van der Waals surface area contributed by atoms with E-state index in [1.807, 2.05) is 11.6 Å². The van der Waals surface area contributed by atoms with Crippen LogP contribution in [0.4, 0.5) is 26.9 Å². The molecule has 4 aromatic rings. The van der Waals surface area contributed by atoms with Crippen LogP contribution in [0.15, 0.2) is 48.7 Å². The van der Waals surface area contributed by atoms with Crippen molar-refractivity contribution in [3.63, 3.8) is 0 Å². The molecule has 0 atom stereocenters. The molecule has 0 spiro atoms. The average molecular weight is 648 g/mol. The number of nitrogens with zero attached hydrogens (tertiary/aromatic N) is 5. The van der Waals surface area contributed by atoms with Crippen molar-refractivity contribution in [1.29, 1.82) is 0 Å². The fraction of sp³-hybridized carbons (Fsp3) is 0.226. The Bertz CT molecular complexity index is 1890. The third-order valence-corrected chi connectivity index (χ3v) is 6.94. The topological polar surface area (TPSA) is 157 Å². The smallest absolute Gasteiger partial charge is 0.417 e. The van der Waals surface area contributed by atoms with Crippen LogP contribution in [0.5, 0.6) is 0 Å². The van der Waals surface area contributed by atoms with Crippen molar-refractivity contribution < 1.29 is 19.1 Å². The Morgan fingerprint density at radius 2 is 1.73 bits per heavy atom. The summed E-state index contributed by atoms with van der Waals surface area (Å²) in [7, 11) is 1.81. The molecule has 4 N–H and O–H groups in total. The maximum Gasteiger partial charge on any atom is 0.417 e. The Morgan fingerprint density at radius 3 is 2.44 bits per heavy atom. The molecule has 1 aliphatic heterocycles. The minimum Gasteiger partial charge on any atom is -0.443 e. The number of carbonyl (C=O) groups excluding carboxylic acids is 3. The van der Waals surface area contributed by atoms with Crippen LogP contribution in [0.2, 0.25) is 10.3 Å². The first kappa shape index (κ1) is 31.3. The van der Waals surface area contributed by atoms with E-state index in [9.17, 15) is 14.4 Å². The third-order valence-electron chi connectivity index (χ3n) is 6.55. The largest absolute Gasteiger partial charge is 0.443 e. The number of ether oxygens (including phenoxy) is 1. The normalized spacial score (nSPS) is 12.6. The van der Waals surface area contributed by atoms with E-state index in [0.29, 0.717) is 45.9 Å². The summed E-state index contributed by atoms with van der Waals surface area (Å²) in [5.41, 5.74) is 9.26. The maximum absolute atomic E-state index is 13.3. The average Bonchev–Trinajstić information content (AvgIpc) is 3.28. The molecular weight excluding hydrogens is 619 g/mol. The fourth-order valence-electron chi connectivity index (χ4n) is 4.64. The van der Waals surface area contributed by atoms with E-state index in [0.717, 1.165) is 10.6 Å². The molecule has 1 aromatic carbocycles. The summed E-state index contributed by atoms with van der Waals surface area (Å²) in [5.74, 6) is 5.73. The van der Waals surface area contributed by atoms with Gasteiger partial charge < -0.3 is 25.7 Å². The summed E-state index contributed by atoms with van der Waals surface area (Å²) in [5, 5.41) is 5.68. The van der Waals surface area contributed by atoms with Gasteiger partial charge in [0.1, 0.15) is 21.6 Å². The van der Waals surface area contributed by atoms with Crippen LogP contribution in [-0.4, -0.2) is 54.6 Å². The van der Waals surface area contributed by atoms with Crippen molar-refractivity contribution in [2.24, 2.45) is 7.05 Å². The van der Waals surface area contributed by atoms with E-state index in [1.165, 1.54) is 18.3 Å². The van der Waals surface area contributed by atoms with Crippen LogP contribution >= 0.6 is 23.2 Å². The number of benzene rings is 1. The van der Waals surface area contributed by atoms with Crippen LogP contribution in [0, 0.1) is 11.8 Å². The van der Waals surface area contributed by atoms with E-state index in [-0.39, 0.29) is 22.8 Å². The van der Waals surface area contributed by atoms with Crippen molar-refractivity contribution in [3.05, 3.63) is 81.4 Å². The fourth-order valence-corrected chi connectivity index (χ4v) is 5.10. The maximum atomic E-state index is 13.3. The second kappa shape index (κ2) is 12.5. The summed E-state index contributed by atoms with van der Waals surface area (Å²) in [6.45, 7) is 5.42. The number of anilines is 3. The molecule has 0 aliphatic carbocycles. The number of halogens is 2. The molecule has 0 saturated heterocycles. The number of nitrogen functional groups attached to an aromatic ring is 1. The zero-order valence-corrected chi connectivity index (χ0v) is 26.2. The van der Waals surface area contributed by atoms with Crippen molar-refractivity contribution in [2.75, 3.05) is 22.9 Å². The molecule has 14 heteroatoms. The molecular formula is C31H28Cl2N8O4. The van der Waals surface area contributed by atoms with Gasteiger partial charge in [0.2, 0.25) is 5.95 Å². The van der Waals surface area contributed by atoms with E-state index in [1.54, 1.807) is 51.1 Å². The van der Waals surface area contributed by atoms with Gasteiger partial charge in [0.25, 0.3) is 5.91 Å². The lowest BCUT2D eigenvalue weighted by Crippen LogP contribution is -2.44. The summed E-state index contributed by atoms with van der Waals surface area (Å²) in [4.78, 5) is 52.0. The van der Waals surface area contributed by atoms with Gasteiger partial charge in [0.05, 0.1) is 16.8 Å². The number of nitrogens with one attached hydrogen (secondary N) is 2. The zero-order valence-electron chi connectivity index (χ0n) is 24.7. The summed E-state index contributed by atoms with van der Waals surface area (Å²) >= 11 is 11.8. The highest BCUT2D eigenvalue weighted by molar-refractivity contribution is 6.33. The highest BCUT2D eigenvalue weighted by Gasteiger charge is 2.35. The molecule has 0 fully saturated rings. The number of amides is 4. The molecule has 0 saturated carbocycles. The molecule has 230 valence electrons. The van der Waals surface area contributed by atoms with Crippen molar-refractivity contribution in [2.45, 2.75) is 32.8 Å². The Kier molecular flexibility index (Phi) is 8.68. The predicted octanol–water partition coefficient (Wildman–Crippen LogP) is 5.74. The van der Waals surface area contributed by atoms with Gasteiger partial charge in [-0.3, -0.25) is 4.79 Å². The lowest BCUT2D eigenvalue weighted by atomic mass is 10.1. The third kappa shape index (κ3) is 7.34. The van der Waals surface area contributed by atoms with Gasteiger partial charge in [-0.15, -0.1) is 0 Å². The SMILES string of the molecule is Cn1c(-c2nc(N)ncc2C#Cc2cccc(NC(=O)Nc3cc(Cl)nc(Cl)c3)c2)cc2c1CCN(C(=O)OC(C)(C)C)C2=O. The van der Waals surface area contributed by atoms with Crippen molar-refractivity contribution in [1.82, 2.24) is 24.4 Å². The lowest BCUT2D eigenvalue weighted by Gasteiger charge is -2.28. The van der Waals surface area contributed by atoms with Crippen LogP contribution in [0.25, 0.3) is 11.4 Å². The number of pyridine rings is 1. The Morgan fingerprint density at radius 1 is 1.02 bits per heavy atom. The molecule has 0 bridgehead atoms. The van der Waals surface area contributed by atoms with Gasteiger partial charge in [-0.05, 0) is 57.2 Å². The van der Waals surface area contributed by atoms with Crippen molar-refractivity contribution in [3.8, 4) is 23.2 Å². The number of hydrogen-bond donors (Lipinski definition) is 3. The van der Waals surface area contributed by atoms with Gasteiger partial charge in [-0.1, -0.05) is 41.1 Å². The number of nitrogens with two attached hydrogens (primary N) is 1. The molecule has 45 heavy (non-hydrogen) atoms. The molecule has 5 rings (SSSR count). The first-order valence-corrected chi connectivity index (χ1v) is 14.4. The molecule has 4 heterocycles. The van der Waals surface area contributed by atoms with Crippen LogP contribution in [0.1, 0.15) is 48.0 Å². The quantitative estimate of drug-likeness (QED) is 0.188. The van der Waals surface area contributed by atoms with Crippen LogP contribution in [0.3, 0.4) is 0 Å². The van der Waals surface area contributed by atoms with Gasteiger partial charge in [0, 0.05) is 48.8 Å². The van der Waals surface area contributed by atoms with Crippen LogP contribution < -0.4 is 16.4 Å². The molecule has 4 amide bonds. The van der Waals surface area contributed by atoms with E-state index in [4.69, 9.17) is 33.7 Å². The number of carbonyl (C=O) groups is 3. The molecule has 3 aromatic heterocycles. The summed E-state index contributed by atoms with van der Waals surface area (Å²) in [6.07, 6.45) is 1.25. The molecule has 12 nitrogen and oxygen atoms in total. The number of fused-ring (bicyclic) bond motifs is 1. The van der Waals surface area contributed by atoms with E-state index < -0.39 is 23.6 Å². The number of imide groups is 1. The summed E-state index contributed by atoms with van der Waals surface area (Å²) in [6, 6.07) is 11.0. The number of urea groups is 1. The predicted molar refractivity (Wildman–Crippen MR) is 171 cm³/mol. The van der Waals surface area contributed by atoms with E-state index >= 15 is 0 Å². The minimum atomic E-state index is -0.739. The second-order valence-electron chi connectivity index (χ2n) is 11.0. The Balaban J connectivity index is 1.39. The first-order chi connectivity index (χ1) is 21.3. The molecule has 1 aliphatic rings. The van der Waals surface area contributed by atoms with E-state index in [2.05, 4.69) is 37.4 Å². The second-order valence-corrected chi connectivity index (χ2v) is 11.8. The van der Waals surface area contributed by atoms with Gasteiger partial charge in [-0.25, -0.2) is 29.4 Å². The first-order valence-electron chi connectivity index (χ1n) is 13.7. The standard InChI is InChI=1S/C31H28Cl2N8O4/c1-31(2,3)45-30(44)41-11-10-22-21(27(41)42)15-23(40(22)4)26-18(16-35-28(34)39-26)9-8-17-6-5-7-19(12-17)36-29(43)37-20-13-24(32)38-25(33)14-20/h5-7,12-16H,10-11H2,1-4H3,(H2,34,35,39)(H2,36,37,38,43). The highest BCUT2D eigenvalue weighted by Crippen LogP contribution is 2.31. The van der Waals surface area contributed by atoms with Crippen LogP contribution in [-0.2, 0) is 18.2 Å². The molecule has 0 unspecified atom stereocenters. The highest BCUT2D eigenvalue weighted by atomic mass is 35.5. The zero-order chi connectivity index (χ0) is 32.5. The minimum absolute atomic E-state index is 0.0328. The van der Waals surface area contributed by atoms with Crippen molar-refractivity contribution >= 4 is 58.6 Å². The Hall–Kier alpha value is -5.12. The monoisotopic (exact) mass is 646 g/mol. The van der Waals surface area contributed by atoms with Gasteiger partial charge >= 0.3 is 12.1 Å². The number of aromatic nitrogens is 4. The molecule has 0 radical (unpaired) electrons. The summed E-state index contributed by atoms with van der Waals surface area (Å²) < 4.78 is 7.27. The van der Waals surface area contributed by atoms with Gasteiger partial charge in [0.15, 0.2) is 0 Å². The van der Waals surface area contributed by atoms with Gasteiger partial charge in [-0.2, -0.15) is 0 Å². The number of rotatable bonds is 3. The number of hydrogen-bond acceptors (Lipinski definition) is 8. The lowest BCUT2D eigenvalue weighted by molar-refractivity contribution is 0.0232. The Labute approximate surface area is 268 Å².